The van der Waals surface area contributed by atoms with Crippen molar-refractivity contribution >= 4 is 50.6 Å². The van der Waals surface area contributed by atoms with Crippen LogP contribution in [0.2, 0.25) is 0 Å². The van der Waals surface area contributed by atoms with Gasteiger partial charge in [-0.25, -0.2) is 0 Å². The summed E-state index contributed by atoms with van der Waals surface area (Å²) in [5, 5.41) is 14.9. The lowest BCUT2D eigenvalue weighted by Crippen LogP contribution is -2.16. The molecule has 1 aliphatic rings. The SMILES string of the molecule is CC1(C)c2cc(-c3ccc(-c4ccc(N(c5ccccc5)c5ccccc5)cc4[N+](=O)[O-])c4ccccc34)ccc2-c2ccc(N(c3ccccc3)c3ccccc3)cc21. The molecule has 5 nitrogen and oxygen atoms in total. The van der Waals surface area contributed by atoms with E-state index in [2.05, 4.69) is 139 Å². The van der Waals surface area contributed by atoms with Crippen molar-refractivity contribution in [3.8, 4) is 33.4 Å². The minimum Gasteiger partial charge on any atom is -0.310 e. The maximum absolute atomic E-state index is 12.9. The third-order valence-corrected chi connectivity index (χ3v) is 11.9. The zero-order valence-corrected chi connectivity index (χ0v) is 33.4. The molecule has 0 bridgehead atoms. The van der Waals surface area contributed by atoms with E-state index >= 15 is 0 Å². The average Bonchev–Trinajstić information content (AvgIpc) is 3.52. The molecule has 1 aliphatic carbocycles. The first-order valence-electron chi connectivity index (χ1n) is 20.3. The van der Waals surface area contributed by atoms with E-state index in [1.807, 2.05) is 91.0 Å². The molecule has 0 aromatic heterocycles. The summed E-state index contributed by atoms with van der Waals surface area (Å²) < 4.78 is 0. The fraction of sp³-hybridized carbons (Fsp3) is 0.0545. The maximum atomic E-state index is 12.9. The zero-order valence-electron chi connectivity index (χ0n) is 33.4. The average molecular weight is 776 g/mol. The molecular weight excluding hydrogens is 735 g/mol. The molecule has 0 N–H and O–H groups in total. The van der Waals surface area contributed by atoms with Crippen molar-refractivity contribution in [2.45, 2.75) is 19.3 Å². The Kier molecular flexibility index (Phi) is 9.07. The lowest BCUT2D eigenvalue weighted by molar-refractivity contribution is -0.384. The molecule has 60 heavy (non-hydrogen) atoms. The number of rotatable bonds is 9. The number of nitro benzene ring substituents is 1. The van der Waals surface area contributed by atoms with E-state index in [0.717, 1.165) is 55.9 Å². The van der Waals surface area contributed by atoms with Crippen LogP contribution in [0.4, 0.5) is 39.8 Å². The minimum atomic E-state index is -0.264. The zero-order chi connectivity index (χ0) is 40.8. The Balaban J connectivity index is 1.04. The summed E-state index contributed by atoms with van der Waals surface area (Å²) >= 11 is 0. The number of fused-ring (bicyclic) bond motifs is 4. The molecule has 0 aliphatic heterocycles. The van der Waals surface area contributed by atoms with Crippen LogP contribution in [0.3, 0.4) is 0 Å². The Bertz CT molecular complexity index is 2960. The molecular formula is C55H41N3O2. The van der Waals surface area contributed by atoms with Gasteiger partial charge in [0, 0.05) is 39.9 Å². The summed E-state index contributed by atoms with van der Waals surface area (Å²) in [4.78, 5) is 17.0. The van der Waals surface area contributed by atoms with Crippen molar-refractivity contribution in [1.29, 1.82) is 0 Å². The summed E-state index contributed by atoms with van der Waals surface area (Å²) in [6, 6.07) is 72.7. The van der Waals surface area contributed by atoms with Crippen LogP contribution in [-0.2, 0) is 5.41 Å². The van der Waals surface area contributed by atoms with Crippen LogP contribution in [0.15, 0.2) is 212 Å². The van der Waals surface area contributed by atoms with E-state index in [1.54, 1.807) is 6.07 Å². The Morgan fingerprint density at radius 1 is 0.383 bits per heavy atom. The van der Waals surface area contributed by atoms with Crippen LogP contribution in [0, 0.1) is 10.1 Å². The predicted molar refractivity (Wildman–Crippen MR) is 248 cm³/mol. The smallest absolute Gasteiger partial charge is 0.279 e. The second-order valence-corrected chi connectivity index (χ2v) is 15.8. The van der Waals surface area contributed by atoms with Crippen LogP contribution in [0.5, 0.6) is 0 Å². The first kappa shape index (κ1) is 36.6. The monoisotopic (exact) mass is 775 g/mol. The van der Waals surface area contributed by atoms with E-state index in [4.69, 9.17) is 0 Å². The lowest BCUT2D eigenvalue weighted by atomic mass is 9.81. The van der Waals surface area contributed by atoms with Gasteiger partial charge in [-0.2, -0.15) is 0 Å². The van der Waals surface area contributed by atoms with E-state index in [0.29, 0.717) is 11.3 Å². The van der Waals surface area contributed by atoms with Gasteiger partial charge < -0.3 is 9.80 Å². The molecule has 5 heteroatoms. The van der Waals surface area contributed by atoms with Gasteiger partial charge in [0.05, 0.1) is 16.2 Å². The van der Waals surface area contributed by atoms with Gasteiger partial charge in [0.15, 0.2) is 0 Å². The molecule has 288 valence electrons. The Labute approximate surface area is 350 Å². The van der Waals surface area contributed by atoms with Crippen LogP contribution in [0.1, 0.15) is 25.0 Å². The van der Waals surface area contributed by atoms with E-state index in [9.17, 15) is 10.1 Å². The highest BCUT2D eigenvalue weighted by molar-refractivity contribution is 6.06. The summed E-state index contributed by atoms with van der Waals surface area (Å²) in [5.41, 5.74) is 14.3. The first-order valence-corrected chi connectivity index (χ1v) is 20.3. The second-order valence-electron chi connectivity index (χ2n) is 15.8. The number of para-hydroxylation sites is 4. The quantitative estimate of drug-likeness (QED) is 0.108. The van der Waals surface area contributed by atoms with Gasteiger partial charge in [-0.1, -0.05) is 141 Å². The van der Waals surface area contributed by atoms with Gasteiger partial charge in [0.25, 0.3) is 5.69 Å². The predicted octanol–water partition coefficient (Wildman–Crippen LogP) is 15.3. The third-order valence-electron chi connectivity index (χ3n) is 11.9. The van der Waals surface area contributed by atoms with Crippen molar-refractivity contribution in [2.75, 3.05) is 9.80 Å². The number of hydrogen-bond donors (Lipinski definition) is 0. The Hall–Kier alpha value is -7.76. The van der Waals surface area contributed by atoms with Gasteiger partial charge in [-0.3, -0.25) is 10.1 Å². The number of anilines is 6. The highest BCUT2D eigenvalue weighted by Crippen LogP contribution is 2.52. The fourth-order valence-electron chi connectivity index (χ4n) is 9.06. The maximum Gasteiger partial charge on any atom is 0.279 e. The number of nitro groups is 1. The van der Waals surface area contributed by atoms with Crippen molar-refractivity contribution in [3.05, 3.63) is 234 Å². The molecule has 10 rings (SSSR count). The topological polar surface area (TPSA) is 49.6 Å². The van der Waals surface area contributed by atoms with Crippen LogP contribution in [0.25, 0.3) is 44.2 Å². The normalized spacial score (nSPS) is 12.4. The van der Waals surface area contributed by atoms with E-state index in [-0.39, 0.29) is 16.0 Å². The van der Waals surface area contributed by atoms with Crippen molar-refractivity contribution < 1.29 is 4.92 Å². The molecule has 9 aromatic carbocycles. The Morgan fingerprint density at radius 2 is 0.767 bits per heavy atom. The molecule has 0 heterocycles. The summed E-state index contributed by atoms with van der Waals surface area (Å²) in [5.74, 6) is 0. The molecule has 0 radical (unpaired) electrons. The van der Waals surface area contributed by atoms with Gasteiger partial charge in [0.1, 0.15) is 0 Å². The van der Waals surface area contributed by atoms with Gasteiger partial charge in [-0.15, -0.1) is 0 Å². The molecule has 0 spiro atoms. The molecule has 0 unspecified atom stereocenters. The molecule has 0 amide bonds. The molecule has 9 aromatic rings. The minimum absolute atomic E-state index is 0.0526. The second kappa shape index (κ2) is 14.9. The van der Waals surface area contributed by atoms with E-state index < -0.39 is 0 Å². The number of benzene rings is 9. The van der Waals surface area contributed by atoms with Crippen molar-refractivity contribution in [1.82, 2.24) is 0 Å². The number of nitrogens with zero attached hydrogens (tertiary/aromatic N) is 3. The largest absolute Gasteiger partial charge is 0.310 e. The fourth-order valence-corrected chi connectivity index (χ4v) is 9.06. The summed E-state index contributed by atoms with van der Waals surface area (Å²) in [6.07, 6.45) is 0. The molecule has 0 fully saturated rings. The first-order chi connectivity index (χ1) is 29.4. The van der Waals surface area contributed by atoms with Crippen LogP contribution >= 0.6 is 0 Å². The number of hydrogen-bond acceptors (Lipinski definition) is 4. The molecule has 0 saturated heterocycles. The molecule has 0 saturated carbocycles. The summed E-state index contributed by atoms with van der Waals surface area (Å²) in [6.45, 7) is 4.64. The van der Waals surface area contributed by atoms with Crippen LogP contribution < -0.4 is 9.80 Å². The third kappa shape index (κ3) is 6.28. The lowest BCUT2D eigenvalue weighted by Gasteiger charge is -2.28. The van der Waals surface area contributed by atoms with Gasteiger partial charge in [0.2, 0.25) is 0 Å². The highest BCUT2D eigenvalue weighted by Gasteiger charge is 2.36. The van der Waals surface area contributed by atoms with Gasteiger partial charge in [-0.05, 0) is 129 Å². The highest BCUT2D eigenvalue weighted by atomic mass is 16.6. The van der Waals surface area contributed by atoms with Gasteiger partial charge >= 0.3 is 0 Å². The van der Waals surface area contributed by atoms with Crippen LogP contribution in [-0.4, -0.2) is 4.92 Å². The van der Waals surface area contributed by atoms with Crippen molar-refractivity contribution in [3.63, 3.8) is 0 Å². The summed E-state index contributed by atoms with van der Waals surface area (Å²) in [7, 11) is 0. The standard InChI is InChI=1S/C55H41N3O2/c1-55(2)52-35-38(27-30-49(52)50-31-28-43(36-53(50)55)56(39-17-7-3-8-18-39)40-19-9-4-10-20-40)45-33-34-48(47-26-16-15-25-46(45)47)51-32-29-44(37-54(51)58(59)60)57(41-21-11-5-12-22-41)42-23-13-6-14-24-42/h3-37H,1-2H3. The van der Waals surface area contributed by atoms with E-state index in [1.165, 1.54) is 22.3 Å². The molecule has 0 atom stereocenters. The Morgan fingerprint density at radius 3 is 1.27 bits per heavy atom. The van der Waals surface area contributed by atoms with Crippen molar-refractivity contribution in [2.24, 2.45) is 0 Å².